The van der Waals surface area contributed by atoms with E-state index in [2.05, 4.69) is 5.32 Å². The number of nitrogens with one attached hydrogen (secondary N) is 1. The Morgan fingerprint density at radius 1 is 1.25 bits per heavy atom. The Hall–Kier alpha value is -1.95. The Labute approximate surface area is 140 Å². The van der Waals surface area contributed by atoms with Crippen LogP contribution in [-0.2, 0) is 9.59 Å². The first-order valence-electron chi connectivity index (χ1n) is 8.51. The maximum absolute atomic E-state index is 13.1. The van der Waals surface area contributed by atoms with Gasteiger partial charge in [0.1, 0.15) is 11.9 Å². The summed E-state index contributed by atoms with van der Waals surface area (Å²) in [7, 11) is 0. The lowest BCUT2D eigenvalue weighted by Gasteiger charge is -2.31. The second-order valence-corrected chi connectivity index (χ2v) is 6.74. The Morgan fingerprint density at radius 3 is 2.50 bits per heavy atom. The first kappa shape index (κ1) is 16.9. The van der Waals surface area contributed by atoms with Crippen molar-refractivity contribution in [2.45, 2.75) is 50.8 Å². The molecule has 2 aliphatic rings. The summed E-state index contributed by atoms with van der Waals surface area (Å²) in [6, 6.07) is 5.07. The lowest BCUT2D eigenvalue weighted by molar-refractivity contribution is -0.140. The summed E-state index contributed by atoms with van der Waals surface area (Å²) in [6.45, 7) is 2.09. The molecule has 1 aliphatic carbocycles. The highest BCUT2D eigenvalue weighted by Crippen LogP contribution is 2.33. The Kier molecular flexibility index (Phi) is 4.85. The van der Waals surface area contributed by atoms with Crippen LogP contribution in [0.15, 0.2) is 24.3 Å². The molecule has 5 nitrogen and oxygen atoms in total. The highest BCUT2D eigenvalue weighted by molar-refractivity contribution is 5.90. The lowest BCUT2D eigenvalue weighted by atomic mass is 10.0. The van der Waals surface area contributed by atoms with Gasteiger partial charge in [-0.25, -0.2) is 4.39 Å². The minimum absolute atomic E-state index is 0.0227. The van der Waals surface area contributed by atoms with E-state index in [9.17, 15) is 19.1 Å². The second kappa shape index (κ2) is 6.89. The molecule has 130 valence electrons. The van der Waals surface area contributed by atoms with Crippen molar-refractivity contribution in [1.82, 2.24) is 10.2 Å². The molecule has 24 heavy (non-hydrogen) atoms. The monoisotopic (exact) mass is 334 g/mol. The molecule has 1 aliphatic heterocycles. The fraction of sp³-hybridized carbons (Fsp3) is 0.556. The zero-order valence-electron chi connectivity index (χ0n) is 13.7. The first-order chi connectivity index (χ1) is 11.5. The third kappa shape index (κ3) is 3.59. The van der Waals surface area contributed by atoms with Crippen LogP contribution >= 0.6 is 0 Å². The molecular formula is C18H23FN2O3. The van der Waals surface area contributed by atoms with Gasteiger partial charge in [-0.3, -0.25) is 9.59 Å². The number of likely N-dealkylation sites (tertiary alicyclic amines) is 1. The maximum atomic E-state index is 13.1. The number of nitrogens with zero attached hydrogens (tertiary/aromatic N) is 1. The van der Waals surface area contributed by atoms with Gasteiger partial charge in [-0.1, -0.05) is 12.1 Å². The van der Waals surface area contributed by atoms with E-state index in [0.717, 1.165) is 31.2 Å². The van der Waals surface area contributed by atoms with Crippen LogP contribution in [0.1, 0.15) is 44.2 Å². The van der Waals surface area contributed by atoms with Crippen molar-refractivity contribution >= 4 is 11.8 Å². The molecule has 3 atom stereocenters. The van der Waals surface area contributed by atoms with Crippen LogP contribution in [-0.4, -0.2) is 40.5 Å². The van der Waals surface area contributed by atoms with E-state index in [-0.39, 0.29) is 29.6 Å². The molecule has 1 aromatic rings. The number of aliphatic hydroxyl groups excluding tert-OH is 1. The van der Waals surface area contributed by atoms with E-state index in [1.807, 2.05) is 0 Å². The minimum Gasteiger partial charge on any atom is -0.391 e. The average Bonchev–Trinajstić information content (AvgIpc) is 3.30. The number of carbonyl (C=O) groups excluding carboxylic acids is 2. The van der Waals surface area contributed by atoms with E-state index < -0.39 is 12.1 Å². The van der Waals surface area contributed by atoms with Crippen molar-refractivity contribution in [1.29, 1.82) is 0 Å². The summed E-state index contributed by atoms with van der Waals surface area (Å²) in [5.74, 6) is -0.767. The molecular weight excluding hydrogens is 311 g/mol. The number of hydrogen-bond donors (Lipinski definition) is 2. The smallest absolute Gasteiger partial charge is 0.248 e. The minimum atomic E-state index is -0.963. The van der Waals surface area contributed by atoms with Crippen molar-refractivity contribution in [3.8, 4) is 0 Å². The van der Waals surface area contributed by atoms with Crippen LogP contribution < -0.4 is 5.32 Å². The fourth-order valence-electron chi connectivity index (χ4n) is 3.25. The van der Waals surface area contributed by atoms with Crippen LogP contribution in [0.5, 0.6) is 0 Å². The summed E-state index contributed by atoms with van der Waals surface area (Å²) < 4.78 is 13.1. The van der Waals surface area contributed by atoms with E-state index in [0.29, 0.717) is 6.54 Å². The molecule has 1 heterocycles. The molecule has 1 saturated carbocycles. The van der Waals surface area contributed by atoms with Gasteiger partial charge in [-0.15, -0.1) is 0 Å². The Morgan fingerprint density at radius 2 is 1.92 bits per heavy atom. The van der Waals surface area contributed by atoms with Crippen LogP contribution in [0.3, 0.4) is 0 Å². The topological polar surface area (TPSA) is 69.6 Å². The third-order valence-corrected chi connectivity index (χ3v) is 4.79. The normalized spacial score (nSPS) is 23.0. The predicted molar refractivity (Wildman–Crippen MR) is 86.4 cm³/mol. The quantitative estimate of drug-likeness (QED) is 0.862. The number of benzene rings is 1. The van der Waals surface area contributed by atoms with Crippen molar-refractivity contribution in [2.75, 3.05) is 6.54 Å². The summed E-state index contributed by atoms with van der Waals surface area (Å²) in [5.41, 5.74) is 0.875. The molecule has 1 saturated heterocycles. The number of halogens is 1. The summed E-state index contributed by atoms with van der Waals surface area (Å²) >= 11 is 0. The zero-order valence-corrected chi connectivity index (χ0v) is 13.7. The van der Waals surface area contributed by atoms with Crippen LogP contribution in [0.2, 0.25) is 0 Å². The summed E-state index contributed by atoms with van der Waals surface area (Å²) in [6.07, 6.45) is 2.36. The van der Waals surface area contributed by atoms with Crippen LogP contribution in [0.25, 0.3) is 0 Å². The van der Waals surface area contributed by atoms with Gasteiger partial charge in [0.2, 0.25) is 11.8 Å². The van der Waals surface area contributed by atoms with Gasteiger partial charge in [0, 0.05) is 12.5 Å². The van der Waals surface area contributed by atoms with E-state index in [1.54, 1.807) is 17.0 Å². The lowest BCUT2D eigenvalue weighted by Crippen LogP contribution is -2.53. The third-order valence-electron chi connectivity index (χ3n) is 4.79. The standard InChI is InChI=1S/C18H23FN2O3/c1-11(22)16(20-17(23)13-4-5-13)18(24)21-10-2-3-15(21)12-6-8-14(19)9-7-12/h6-9,11,13,15-16,22H,2-5,10H2,1H3,(H,20,23). The number of hydrogen-bond acceptors (Lipinski definition) is 3. The molecule has 2 amide bonds. The molecule has 0 spiro atoms. The van der Waals surface area contributed by atoms with Crippen LogP contribution in [0.4, 0.5) is 4.39 Å². The van der Waals surface area contributed by atoms with Crippen molar-refractivity contribution in [3.05, 3.63) is 35.6 Å². The van der Waals surface area contributed by atoms with Crippen molar-refractivity contribution in [3.63, 3.8) is 0 Å². The maximum Gasteiger partial charge on any atom is 0.248 e. The second-order valence-electron chi connectivity index (χ2n) is 6.74. The van der Waals surface area contributed by atoms with Gasteiger partial charge in [-0.05, 0) is 50.3 Å². The molecule has 2 N–H and O–H groups in total. The SMILES string of the molecule is CC(O)C(NC(=O)C1CC1)C(=O)N1CCCC1c1ccc(F)cc1. The van der Waals surface area contributed by atoms with E-state index in [4.69, 9.17) is 0 Å². The first-order valence-corrected chi connectivity index (χ1v) is 8.51. The molecule has 0 aromatic heterocycles. The number of aliphatic hydroxyl groups is 1. The van der Waals surface area contributed by atoms with Gasteiger partial charge in [-0.2, -0.15) is 0 Å². The molecule has 6 heteroatoms. The average molecular weight is 334 g/mol. The van der Waals surface area contributed by atoms with Crippen molar-refractivity contribution in [2.24, 2.45) is 5.92 Å². The Bertz CT molecular complexity index is 613. The van der Waals surface area contributed by atoms with Gasteiger partial charge in [0.25, 0.3) is 0 Å². The van der Waals surface area contributed by atoms with E-state index >= 15 is 0 Å². The van der Waals surface area contributed by atoms with Gasteiger partial charge < -0.3 is 15.3 Å². The largest absolute Gasteiger partial charge is 0.391 e. The molecule has 2 fully saturated rings. The highest BCUT2D eigenvalue weighted by atomic mass is 19.1. The van der Waals surface area contributed by atoms with Gasteiger partial charge in [0.05, 0.1) is 12.1 Å². The summed E-state index contributed by atoms with van der Waals surface area (Å²) in [4.78, 5) is 26.6. The van der Waals surface area contributed by atoms with E-state index in [1.165, 1.54) is 19.1 Å². The Balaban J connectivity index is 1.75. The molecule has 1 aromatic carbocycles. The predicted octanol–water partition coefficient (Wildman–Crippen LogP) is 1.76. The van der Waals surface area contributed by atoms with Crippen LogP contribution in [0, 0.1) is 11.7 Å². The number of rotatable bonds is 5. The molecule has 3 rings (SSSR count). The fourth-order valence-corrected chi connectivity index (χ4v) is 3.25. The molecule has 0 radical (unpaired) electrons. The molecule has 3 unspecified atom stereocenters. The number of amides is 2. The highest BCUT2D eigenvalue weighted by Gasteiger charge is 2.39. The summed E-state index contributed by atoms with van der Waals surface area (Å²) in [5, 5.41) is 12.7. The zero-order chi connectivity index (χ0) is 17.3. The van der Waals surface area contributed by atoms with Gasteiger partial charge in [0.15, 0.2) is 0 Å². The van der Waals surface area contributed by atoms with Crippen molar-refractivity contribution < 1.29 is 19.1 Å². The van der Waals surface area contributed by atoms with Gasteiger partial charge >= 0.3 is 0 Å². The number of carbonyl (C=O) groups is 2. The molecule has 0 bridgehead atoms.